The Morgan fingerprint density at radius 3 is 1.57 bits per heavy atom. The lowest BCUT2D eigenvalue weighted by Gasteiger charge is -2.57. The lowest BCUT2D eigenvalue weighted by atomic mass is 9.80. The van der Waals surface area contributed by atoms with Gasteiger partial charge in [0.15, 0.2) is 0 Å². The third-order valence-electron chi connectivity index (χ3n) is 3.84. The van der Waals surface area contributed by atoms with Gasteiger partial charge in [0.05, 0.1) is 0 Å². The van der Waals surface area contributed by atoms with Gasteiger partial charge in [0.25, 0.3) is 0 Å². The number of hydrogen-bond donors (Lipinski definition) is 1. The molecule has 0 saturated carbocycles. The number of hydrogen-bond acceptors (Lipinski definition) is 2. The van der Waals surface area contributed by atoms with Gasteiger partial charge in [0, 0.05) is 26.9 Å². The molecule has 0 unspecified atom stereocenters. The Morgan fingerprint density at radius 1 is 1.00 bits per heavy atom. The Bertz CT molecular complexity index is 205. The molecular weight excluding hydrogens is 176 g/mol. The molecule has 0 aromatic rings. The summed E-state index contributed by atoms with van der Waals surface area (Å²) in [6.45, 7) is 8.59. The minimum Gasteiger partial charge on any atom is -0.195 e. The minimum atomic E-state index is -0.0920. The van der Waals surface area contributed by atoms with Crippen molar-refractivity contribution in [2.45, 2.75) is 58.0 Å². The number of hydroxylamine groups is 2. The molecule has 3 nitrogen and oxygen atoms in total. The summed E-state index contributed by atoms with van der Waals surface area (Å²) in [6, 6.07) is 0. The van der Waals surface area contributed by atoms with Gasteiger partial charge in [0.1, 0.15) is 11.1 Å². The zero-order chi connectivity index (χ0) is 11.2. The molecule has 0 atom stereocenters. The first-order valence-electron chi connectivity index (χ1n) is 5.45. The van der Waals surface area contributed by atoms with Crippen molar-refractivity contribution in [3.8, 4) is 0 Å². The Morgan fingerprint density at radius 2 is 1.36 bits per heavy atom. The van der Waals surface area contributed by atoms with E-state index >= 15 is 0 Å². The van der Waals surface area contributed by atoms with Crippen molar-refractivity contribution in [1.82, 2.24) is 5.01 Å². The Hall–Kier alpha value is -0.120. The fourth-order valence-corrected chi connectivity index (χ4v) is 3.17. The first-order valence-corrected chi connectivity index (χ1v) is 5.45. The second-order valence-corrected chi connectivity index (χ2v) is 5.93. The molecule has 0 aromatic carbocycles. The number of nitrogens with zero attached hydrogens (tertiary/aromatic N) is 2. The molecule has 1 aliphatic rings. The van der Waals surface area contributed by atoms with Gasteiger partial charge in [-0.3, -0.25) is 0 Å². The van der Waals surface area contributed by atoms with E-state index in [4.69, 9.17) is 0 Å². The average Bonchev–Trinajstić information content (AvgIpc) is 1.98. The maximum absolute atomic E-state index is 10.9. The monoisotopic (exact) mass is 201 g/mol. The van der Waals surface area contributed by atoms with Crippen molar-refractivity contribution < 1.29 is 9.96 Å². The molecule has 0 aromatic heterocycles. The zero-order valence-electron chi connectivity index (χ0n) is 10.5. The van der Waals surface area contributed by atoms with E-state index < -0.39 is 0 Å². The molecule has 0 spiro atoms. The summed E-state index contributed by atoms with van der Waals surface area (Å²) in [5.41, 5.74) is -0.184. The molecule has 1 fully saturated rings. The van der Waals surface area contributed by atoms with Gasteiger partial charge in [-0.25, -0.2) is 0 Å². The molecule has 14 heavy (non-hydrogen) atoms. The third kappa shape index (κ3) is 1.38. The number of rotatable bonds is 1. The van der Waals surface area contributed by atoms with Gasteiger partial charge in [0.2, 0.25) is 0 Å². The lowest BCUT2D eigenvalue weighted by Crippen LogP contribution is -2.76. The highest BCUT2D eigenvalue weighted by Crippen LogP contribution is 2.44. The summed E-state index contributed by atoms with van der Waals surface area (Å²) >= 11 is 0. The molecule has 0 bridgehead atoms. The summed E-state index contributed by atoms with van der Waals surface area (Å²) in [7, 11) is 3.91. The van der Waals surface area contributed by atoms with E-state index in [1.807, 2.05) is 19.1 Å². The van der Waals surface area contributed by atoms with Crippen LogP contribution in [0.25, 0.3) is 0 Å². The molecule has 0 amide bonds. The Balaban J connectivity index is 3.15. The normalized spacial score (nSPS) is 29.1. The summed E-state index contributed by atoms with van der Waals surface area (Å²) in [4.78, 5) is 0. The predicted octanol–water partition coefficient (Wildman–Crippen LogP) is 2.41. The van der Waals surface area contributed by atoms with Crippen molar-refractivity contribution >= 4 is 0 Å². The topological polar surface area (TPSA) is 23.5 Å². The smallest absolute Gasteiger partial charge is 0.143 e. The number of piperidine rings is 1. The highest BCUT2D eigenvalue weighted by Gasteiger charge is 2.59. The molecular formula is C11H25N2O+. The van der Waals surface area contributed by atoms with Crippen molar-refractivity contribution in [3.05, 3.63) is 0 Å². The van der Waals surface area contributed by atoms with Crippen LogP contribution in [-0.4, -0.2) is 40.1 Å². The van der Waals surface area contributed by atoms with E-state index in [0.717, 1.165) is 12.8 Å². The molecule has 1 rings (SSSR count). The van der Waals surface area contributed by atoms with Gasteiger partial charge < -0.3 is 0 Å². The summed E-state index contributed by atoms with van der Waals surface area (Å²) in [5.74, 6) is 0. The molecule has 0 aliphatic carbocycles. The van der Waals surface area contributed by atoms with Crippen LogP contribution in [0.15, 0.2) is 0 Å². The molecule has 84 valence electrons. The van der Waals surface area contributed by atoms with Crippen LogP contribution in [0.2, 0.25) is 0 Å². The SMILES string of the molecule is CN(C)[N+]1(O)C(C)(C)CCCC1(C)C. The van der Waals surface area contributed by atoms with Gasteiger partial charge in [-0.15, -0.1) is 5.01 Å². The van der Waals surface area contributed by atoms with Gasteiger partial charge in [-0.2, -0.15) is 5.21 Å². The maximum atomic E-state index is 10.9. The Kier molecular flexibility index (Phi) is 2.72. The fraction of sp³-hybridized carbons (Fsp3) is 1.00. The molecule has 1 saturated heterocycles. The van der Waals surface area contributed by atoms with Crippen LogP contribution in [0.5, 0.6) is 0 Å². The van der Waals surface area contributed by atoms with E-state index in [2.05, 4.69) is 27.7 Å². The molecule has 1 N–H and O–H groups in total. The summed E-state index contributed by atoms with van der Waals surface area (Å²) in [5, 5.41) is 12.8. The quantitative estimate of drug-likeness (QED) is 0.659. The van der Waals surface area contributed by atoms with Crippen LogP contribution < -0.4 is 0 Å². The van der Waals surface area contributed by atoms with E-state index in [1.54, 1.807) is 0 Å². The summed E-state index contributed by atoms with van der Waals surface area (Å²) in [6.07, 6.45) is 3.35. The first-order chi connectivity index (χ1) is 6.15. The zero-order valence-corrected chi connectivity index (χ0v) is 10.5. The van der Waals surface area contributed by atoms with Crippen molar-refractivity contribution in [2.75, 3.05) is 14.1 Å². The Labute approximate surface area is 87.8 Å². The van der Waals surface area contributed by atoms with Crippen LogP contribution in [-0.2, 0) is 0 Å². The lowest BCUT2D eigenvalue weighted by molar-refractivity contribution is -1.25. The second kappa shape index (κ2) is 3.19. The van der Waals surface area contributed by atoms with Crippen LogP contribution in [0, 0.1) is 0 Å². The van der Waals surface area contributed by atoms with Crippen LogP contribution in [0.1, 0.15) is 47.0 Å². The van der Waals surface area contributed by atoms with Gasteiger partial charge in [-0.05, 0) is 34.1 Å². The van der Waals surface area contributed by atoms with Crippen LogP contribution >= 0.6 is 0 Å². The second-order valence-electron chi connectivity index (χ2n) is 5.93. The molecule has 1 aliphatic heterocycles. The maximum Gasteiger partial charge on any atom is 0.143 e. The molecule has 3 heteroatoms. The standard InChI is InChI=1S/C11H25N2O/c1-10(2)8-7-9-11(3,4)13(10,14)12(5)6/h14H,7-9H2,1-6H3/q+1. The van der Waals surface area contributed by atoms with E-state index in [-0.39, 0.29) is 15.8 Å². The molecule has 1 heterocycles. The van der Waals surface area contributed by atoms with Crippen molar-refractivity contribution in [2.24, 2.45) is 0 Å². The van der Waals surface area contributed by atoms with Gasteiger partial charge in [-0.1, -0.05) is 4.76 Å². The van der Waals surface area contributed by atoms with Crippen LogP contribution in [0.4, 0.5) is 0 Å². The van der Waals surface area contributed by atoms with Crippen LogP contribution in [0.3, 0.4) is 0 Å². The third-order valence-corrected chi connectivity index (χ3v) is 3.84. The number of quaternary nitrogens is 1. The van der Waals surface area contributed by atoms with E-state index in [9.17, 15) is 5.21 Å². The first kappa shape index (κ1) is 12.0. The van der Waals surface area contributed by atoms with Gasteiger partial charge >= 0.3 is 0 Å². The highest BCUT2D eigenvalue weighted by atomic mass is 16.6. The van der Waals surface area contributed by atoms with E-state index in [0.29, 0.717) is 0 Å². The molecule has 0 radical (unpaired) electrons. The van der Waals surface area contributed by atoms with E-state index in [1.165, 1.54) is 6.42 Å². The largest absolute Gasteiger partial charge is 0.195 e. The van der Waals surface area contributed by atoms with Crippen molar-refractivity contribution in [1.29, 1.82) is 0 Å². The predicted molar refractivity (Wildman–Crippen MR) is 57.7 cm³/mol. The highest BCUT2D eigenvalue weighted by molar-refractivity contribution is 4.82. The summed E-state index contributed by atoms with van der Waals surface area (Å²) < 4.78 is 0.0417. The fourth-order valence-electron chi connectivity index (χ4n) is 3.17. The average molecular weight is 201 g/mol. The minimum absolute atomic E-state index is 0.0417. The van der Waals surface area contributed by atoms with Crippen molar-refractivity contribution in [3.63, 3.8) is 0 Å².